The summed E-state index contributed by atoms with van der Waals surface area (Å²) in [6.07, 6.45) is 1.60. The van der Waals surface area contributed by atoms with Crippen molar-refractivity contribution in [3.63, 3.8) is 0 Å². The van der Waals surface area contributed by atoms with Crippen LogP contribution < -0.4 is 34.7 Å². The number of carboxylic acid groups (broad SMARTS) is 1. The van der Waals surface area contributed by atoms with Gasteiger partial charge in [0.25, 0.3) is 0 Å². The Bertz CT molecular complexity index is 117. The van der Waals surface area contributed by atoms with E-state index in [2.05, 4.69) is 0 Å². The van der Waals surface area contributed by atoms with Gasteiger partial charge in [-0.25, -0.2) is 0 Å². The Hall–Kier alpha value is -0.0600. The Morgan fingerprint density at radius 3 is 1.83 bits per heavy atom. The van der Waals surface area contributed by atoms with Crippen molar-refractivity contribution in [3.05, 3.63) is 0 Å². The molecule has 0 bridgehead atoms. The SMILES string of the molecule is CCCC(=O)[O-].CN(C)C=O.[Na+]. The smallest absolute Gasteiger partial charge is 0.550 e. The Morgan fingerprint density at radius 2 is 1.83 bits per heavy atom. The molecule has 4 nitrogen and oxygen atoms in total. The first-order valence-electron chi connectivity index (χ1n) is 3.36. The molecule has 5 heteroatoms. The van der Waals surface area contributed by atoms with E-state index in [1.165, 1.54) is 4.90 Å². The third-order valence-corrected chi connectivity index (χ3v) is 0.665. The average Bonchev–Trinajstić information content (AvgIpc) is 1.89. The summed E-state index contributed by atoms with van der Waals surface area (Å²) in [5, 5.41) is 9.49. The molecule has 0 N–H and O–H groups in total. The van der Waals surface area contributed by atoms with Crippen LogP contribution in [-0.2, 0) is 9.59 Å². The quantitative estimate of drug-likeness (QED) is 0.333. The van der Waals surface area contributed by atoms with Crippen LogP contribution in [0.2, 0.25) is 0 Å². The molecule has 0 aliphatic heterocycles. The molecule has 12 heavy (non-hydrogen) atoms. The molecule has 0 saturated heterocycles. The summed E-state index contributed by atoms with van der Waals surface area (Å²) in [6.45, 7) is 1.80. The third kappa shape index (κ3) is 32.6. The fraction of sp³-hybridized carbons (Fsp3) is 0.714. The van der Waals surface area contributed by atoms with Crippen molar-refractivity contribution >= 4 is 12.4 Å². The molecular formula is C7H14NNaO3. The molecule has 0 aliphatic rings. The fourth-order valence-electron chi connectivity index (χ4n) is 0.204. The van der Waals surface area contributed by atoms with Crippen LogP contribution in [0, 0.1) is 0 Å². The molecule has 0 aromatic rings. The van der Waals surface area contributed by atoms with Crippen molar-refractivity contribution in [2.45, 2.75) is 19.8 Å². The van der Waals surface area contributed by atoms with Gasteiger partial charge in [0.1, 0.15) is 0 Å². The number of nitrogens with zero attached hydrogens (tertiary/aromatic N) is 1. The second-order valence-corrected chi connectivity index (χ2v) is 2.19. The Balaban J connectivity index is -0.000000126. The zero-order chi connectivity index (χ0) is 9.28. The van der Waals surface area contributed by atoms with E-state index in [4.69, 9.17) is 0 Å². The number of hydrogen-bond acceptors (Lipinski definition) is 3. The van der Waals surface area contributed by atoms with Crippen LogP contribution in [0.5, 0.6) is 0 Å². The van der Waals surface area contributed by atoms with Crippen molar-refractivity contribution in [2.24, 2.45) is 0 Å². The molecule has 0 radical (unpaired) electrons. The van der Waals surface area contributed by atoms with Crippen molar-refractivity contribution in [3.8, 4) is 0 Å². The minimum atomic E-state index is -0.961. The van der Waals surface area contributed by atoms with Crippen LogP contribution >= 0.6 is 0 Å². The van der Waals surface area contributed by atoms with Gasteiger partial charge in [-0.1, -0.05) is 13.3 Å². The van der Waals surface area contributed by atoms with Crippen molar-refractivity contribution in [2.75, 3.05) is 14.1 Å². The van der Waals surface area contributed by atoms with Crippen LogP contribution in [-0.4, -0.2) is 31.4 Å². The Morgan fingerprint density at radius 1 is 1.50 bits per heavy atom. The molecule has 66 valence electrons. The van der Waals surface area contributed by atoms with Gasteiger partial charge in [-0.3, -0.25) is 4.79 Å². The van der Waals surface area contributed by atoms with E-state index in [1.807, 2.05) is 0 Å². The Kier molecular flexibility index (Phi) is 20.2. The number of carboxylic acids is 1. The second-order valence-electron chi connectivity index (χ2n) is 2.19. The molecule has 0 saturated carbocycles. The van der Waals surface area contributed by atoms with E-state index in [-0.39, 0.29) is 36.0 Å². The molecule has 1 amide bonds. The minimum absolute atomic E-state index is 0. The number of carbonyl (C=O) groups is 2. The number of amides is 1. The van der Waals surface area contributed by atoms with Gasteiger partial charge in [-0.15, -0.1) is 0 Å². The maximum atomic E-state index is 9.49. The number of carbonyl (C=O) groups excluding carboxylic acids is 2. The molecule has 0 aliphatic carbocycles. The van der Waals surface area contributed by atoms with E-state index in [1.54, 1.807) is 21.0 Å². The summed E-state index contributed by atoms with van der Waals surface area (Å²) < 4.78 is 0. The predicted octanol–water partition coefficient (Wildman–Crippen LogP) is -3.76. The fourth-order valence-corrected chi connectivity index (χ4v) is 0.204. The van der Waals surface area contributed by atoms with Gasteiger partial charge < -0.3 is 14.8 Å². The standard InChI is InChI=1S/C4H8O2.C3H7NO.Na/c1-2-3-4(5)6;1-4(2)3-5;/h2-3H2,1H3,(H,5,6);3H,1-2H3;/q;;+1/p-1. The van der Waals surface area contributed by atoms with Crippen LogP contribution in [0.3, 0.4) is 0 Å². The zero-order valence-corrected chi connectivity index (χ0v) is 10.2. The number of hydrogen-bond donors (Lipinski definition) is 0. The average molecular weight is 183 g/mol. The van der Waals surface area contributed by atoms with Crippen LogP contribution in [0.1, 0.15) is 19.8 Å². The molecule has 0 aromatic heterocycles. The van der Waals surface area contributed by atoms with E-state index in [0.717, 1.165) is 6.41 Å². The summed E-state index contributed by atoms with van der Waals surface area (Å²) in [5.74, 6) is -0.961. The van der Waals surface area contributed by atoms with Crippen LogP contribution in [0.4, 0.5) is 0 Å². The molecule has 0 fully saturated rings. The van der Waals surface area contributed by atoms with E-state index >= 15 is 0 Å². The maximum Gasteiger partial charge on any atom is 1.00 e. The first kappa shape index (κ1) is 17.9. The number of aliphatic carboxylic acids is 1. The van der Waals surface area contributed by atoms with Gasteiger partial charge in [0.05, 0.1) is 0 Å². The predicted molar refractivity (Wildman–Crippen MR) is 39.7 cm³/mol. The largest absolute Gasteiger partial charge is 1.00 e. The molecule has 0 spiro atoms. The van der Waals surface area contributed by atoms with E-state index in [0.29, 0.717) is 6.42 Å². The summed E-state index contributed by atoms with van der Waals surface area (Å²) in [6, 6.07) is 0. The second kappa shape index (κ2) is 13.5. The van der Waals surface area contributed by atoms with Crippen molar-refractivity contribution < 1.29 is 44.3 Å². The molecule has 0 aromatic carbocycles. The van der Waals surface area contributed by atoms with Crippen LogP contribution in [0.15, 0.2) is 0 Å². The first-order chi connectivity index (χ1) is 5.04. The van der Waals surface area contributed by atoms with Crippen molar-refractivity contribution in [1.29, 1.82) is 0 Å². The minimum Gasteiger partial charge on any atom is -0.550 e. The number of rotatable bonds is 3. The van der Waals surface area contributed by atoms with Gasteiger partial charge >= 0.3 is 29.6 Å². The van der Waals surface area contributed by atoms with Gasteiger partial charge in [-0.2, -0.15) is 0 Å². The monoisotopic (exact) mass is 183 g/mol. The summed E-state index contributed by atoms with van der Waals surface area (Å²) in [7, 11) is 3.38. The summed E-state index contributed by atoms with van der Waals surface area (Å²) >= 11 is 0. The van der Waals surface area contributed by atoms with Gasteiger partial charge in [0, 0.05) is 20.1 Å². The van der Waals surface area contributed by atoms with Gasteiger partial charge in [0.15, 0.2) is 0 Å². The summed E-state index contributed by atoms with van der Waals surface area (Å²) in [5.41, 5.74) is 0. The summed E-state index contributed by atoms with van der Waals surface area (Å²) in [4.78, 5) is 20.4. The van der Waals surface area contributed by atoms with E-state index in [9.17, 15) is 14.7 Å². The molecular weight excluding hydrogens is 169 g/mol. The molecule has 0 rings (SSSR count). The van der Waals surface area contributed by atoms with Crippen molar-refractivity contribution in [1.82, 2.24) is 4.90 Å². The first-order valence-corrected chi connectivity index (χ1v) is 3.36. The van der Waals surface area contributed by atoms with Gasteiger partial charge in [-0.05, 0) is 6.42 Å². The normalized spacial score (nSPS) is 6.92. The maximum absolute atomic E-state index is 9.49. The van der Waals surface area contributed by atoms with Crippen LogP contribution in [0.25, 0.3) is 0 Å². The topological polar surface area (TPSA) is 60.4 Å². The van der Waals surface area contributed by atoms with E-state index < -0.39 is 5.97 Å². The molecule has 0 heterocycles. The third-order valence-electron chi connectivity index (χ3n) is 0.665. The molecule has 0 atom stereocenters. The Labute approximate surface area is 95.2 Å². The molecule has 0 unspecified atom stereocenters. The van der Waals surface area contributed by atoms with Gasteiger partial charge in [0.2, 0.25) is 6.41 Å². The zero-order valence-electron chi connectivity index (χ0n) is 8.16.